The van der Waals surface area contributed by atoms with Crippen molar-refractivity contribution in [2.45, 2.75) is 6.54 Å². The zero-order chi connectivity index (χ0) is 20.3. The number of hydrogen-bond donors (Lipinski definition) is 1. The first-order chi connectivity index (χ1) is 14.8. The van der Waals surface area contributed by atoms with Gasteiger partial charge in [0.15, 0.2) is 5.15 Å². The lowest BCUT2D eigenvalue weighted by Gasteiger charge is -2.26. The predicted octanol–water partition coefficient (Wildman–Crippen LogP) is 2.72. The van der Waals surface area contributed by atoms with Crippen molar-refractivity contribution in [3.05, 3.63) is 54.2 Å². The summed E-state index contributed by atoms with van der Waals surface area (Å²) >= 11 is 6.38. The molecular weight excluding hydrogens is 404 g/mol. The minimum absolute atomic E-state index is 0.404. The molecule has 0 amide bonds. The van der Waals surface area contributed by atoms with Gasteiger partial charge in [0.1, 0.15) is 11.3 Å². The molecule has 4 aromatic rings. The highest BCUT2D eigenvalue weighted by Gasteiger charge is 2.15. The Morgan fingerprint density at radius 1 is 1.10 bits per heavy atom. The fraction of sp³-hybridized carbons (Fsp3) is 0.300. The van der Waals surface area contributed by atoms with Crippen LogP contribution in [0.2, 0.25) is 5.15 Å². The standard InChI is InChI=1S/C20H21ClN8O/c21-19-18(29-6-2-1-3-17(29)26-19)16-4-5-22-20(25-16)24-15-13-23-28(14-15)8-7-27-9-11-30-12-10-27/h1-6,13-14H,7-12H2,(H,22,24,25). The molecule has 154 valence electrons. The number of hydrogen-bond acceptors (Lipinski definition) is 7. The van der Waals surface area contributed by atoms with Crippen molar-refractivity contribution >= 4 is 28.9 Å². The summed E-state index contributed by atoms with van der Waals surface area (Å²) in [6.07, 6.45) is 7.34. The molecule has 0 saturated carbocycles. The number of fused-ring (bicyclic) bond motifs is 1. The van der Waals surface area contributed by atoms with E-state index in [4.69, 9.17) is 16.3 Å². The van der Waals surface area contributed by atoms with Crippen molar-refractivity contribution in [1.29, 1.82) is 0 Å². The lowest BCUT2D eigenvalue weighted by Crippen LogP contribution is -2.38. The Bertz CT molecular complexity index is 1150. The molecule has 4 aromatic heterocycles. The van der Waals surface area contributed by atoms with Gasteiger partial charge in [-0.3, -0.25) is 14.0 Å². The van der Waals surface area contributed by atoms with Gasteiger partial charge in [0.2, 0.25) is 5.95 Å². The van der Waals surface area contributed by atoms with Crippen molar-refractivity contribution in [1.82, 2.24) is 34.0 Å². The molecule has 0 radical (unpaired) electrons. The number of nitrogens with one attached hydrogen (secondary N) is 1. The molecule has 1 fully saturated rings. The van der Waals surface area contributed by atoms with Crippen molar-refractivity contribution < 1.29 is 4.74 Å². The maximum atomic E-state index is 6.38. The zero-order valence-corrected chi connectivity index (χ0v) is 17.0. The van der Waals surface area contributed by atoms with Crippen molar-refractivity contribution in [2.75, 3.05) is 38.2 Å². The van der Waals surface area contributed by atoms with Crippen LogP contribution in [0.15, 0.2) is 49.1 Å². The van der Waals surface area contributed by atoms with Crippen LogP contribution in [0, 0.1) is 0 Å². The van der Waals surface area contributed by atoms with Gasteiger partial charge in [-0.15, -0.1) is 0 Å². The van der Waals surface area contributed by atoms with Gasteiger partial charge in [-0.1, -0.05) is 17.7 Å². The molecule has 0 unspecified atom stereocenters. The average molecular weight is 425 g/mol. The Hall–Kier alpha value is -3.01. The van der Waals surface area contributed by atoms with Gasteiger partial charge in [-0.05, 0) is 18.2 Å². The van der Waals surface area contributed by atoms with Gasteiger partial charge in [-0.25, -0.2) is 15.0 Å². The average Bonchev–Trinajstić information content (AvgIpc) is 3.36. The summed E-state index contributed by atoms with van der Waals surface area (Å²) in [5, 5.41) is 8.05. The van der Waals surface area contributed by atoms with Crippen LogP contribution in [0.4, 0.5) is 11.6 Å². The highest BCUT2D eigenvalue weighted by molar-refractivity contribution is 6.32. The number of anilines is 2. The molecule has 1 aliphatic heterocycles. The molecule has 0 aromatic carbocycles. The first-order valence-corrected chi connectivity index (χ1v) is 10.2. The van der Waals surface area contributed by atoms with E-state index >= 15 is 0 Å². The van der Waals surface area contributed by atoms with Crippen LogP contribution in [-0.2, 0) is 11.3 Å². The normalized spacial score (nSPS) is 15.0. The first kappa shape index (κ1) is 19.0. The SMILES string of the molecule is Clc1nc2ccccn2c1-c1ccnc(Nc2cnn(CCN3CCOCC3)c2)n1. The summed E-state index contributed by atoms with van der Waals surface area (Å²) in [5.74, 6) is 0.474. The molecule has 9 nitrogen and oxygen atoms in total. The second-order valence-corrected chi connectivity index (χ2v) is 7.37. The van der Waals surface area contributed by atoms with E-state index in [9.17, 15) is 0 Å². The third kappa shape index (κ3) is 4.00. The first-order valence-electron chi connectivity index (χ1n) is 9.82. The summed E-state index contributed by atoms with van der Waals surface area (Å²) < 4.78 is 9.22. The van der Waals surface area contributed by atoms with Gasteiger partial charge in [0, 0.05) is 38.2 Å². The van der Waals surface area contributed by atoms with Crippen LogP contribution in [0.3, 0.4) is 0 Å². The highest BCUT2D eigenvalue weighted by atomic mass is 35.5. The molecular formula is C20H21ClN8O. The molecule has 0 atom stereocenters. The molecule has 5 heterocycles. The molecule has 5 rings (SSSR count). The van der Waals surface area contributed by atoms with E-state index in [2.05, 4.69) is 30.3 Å². The van der Waals surface area contributed by atoms with Gasteiger partial charge < -0.3 is 10.1 Å². The van der Waals surface area contributed by atoms with Crippen LogP contribution in [0.1, 0.15) is 0 Å². The van der Waals surface area contributed by atoms with E-state index in [0.717, 1.165) is 56.4 Å². The number of aromatic nitrogens is 6. The lowest BCUT2D eigenvalue weighted by atomic mass is 10.3. The van der Waals surface area contributed by atoms with Crippen LogP contribution in [-0.4, -0.2) is 66.9 Å². The van der Waals surface area contributed by atoms with Crippen LogP contribution < -0.4 is 5.32 Å². The topological polar surface area (TPSA) is 85.4 Å². The van der Waals surface area contributed by atoms with Crippen molar-refractivity contribution in [3.8, 4) is 11.4 Å². The van der Waals surface area contributed by atoms with Crippen molar-refractivity contribution in [3.63, 3.8) is 0 Å². The summed E-state index contributed by atoms with van der Waals surface area (Å²) in [6.45, 7) is 5.31. The Morgan fingerprint density at radius 2 is 2.00 bits per heavy atom. The minimum Gasteiger partial charge on any atom is -0.379 e. The summed E-state index contributed by atoms with van der Waals surface area (Å²) in [6, 6.07) is 7.58. The number of imidazole rings is 1. The Balaban J connectivity index is 1.30. The lowest BCUT2D eigenvalue weighted by molar-refractivity contribution is 0.0360. The van der Waals surface area contributed by atoms with Gasteiger partial charge in [0.05, 0.1) is 37.3 Å². The smallest absolute Gasteiger partial charge is 0.227 e. The van der Waals surface area contributed by atoms with E-state index in [1.165, 1.54) is 0 Å². The van der Waals surface area contributed by atoms with Crippen LogP contribution in [0.25, 0.3) is 17.0 Å². The van der Waals surface area contributed by atoms with Crippen LogP contribution in [0.5, 0.6) is 0 Å². The van der Waals surface area contributed by atoms with Crippen LogP contribution >= 0.6 is 11.6 Å². The Labute approximate surface area is 178 Å². The maximum Gasteiger partial charge on any atom is 0.227 e. The fourth-order valence-electron chi connectivity index (χ4n) is 3.50. The summed E-state index contributed by atoms with van der Waals surface area (Å²) in [5.41, 5.74) is 3.03. The quantitative estimate of drug-likeness (QED) is 0.509. The fourth-order valence-corrected chi connectivity index (χ4v) is 3.77. The number of pyridine rings is 1. The van der Waals surface area contributed by atoms with E-state index in [1.54, 1.807) is 12.4 Å². The number of ether oxygens (including phenoxy) is 1. The zero-order valence-electron chi connectivity index (χ0n) is 16.3. The third-order valence-electron chi connectivity index (χ3n) is 5.02. The third-order valence-corrected chi connectivity index (χ3v) is 5.29. The van der Waals surface area contributed by atoms with Gasteiger partial charge in [-0.2, -0.15) is 5.10 Å². The predicted molar refractivity (Wildman–Crippen MR) is 114 cm³/mol. The number of morpholine rings is 1. The molecule has 1 N–H and O–H groups in total. The molecule has 0 bridgehead atoms. The highest BCUT2D eigenvalue weighted by Crippen LogP contribution is 2.28. The second kappa shape index (κ2) is 8.39. The Morgan fingerprint density at radius 3 is 2.90 bits per heavy atom. The molecule has 30 heavy (non-hydrogen) atoms. The van der Waals surface area contributed by atoms with Crippen molar-refractivity contribution in [2.24, 2.45) is 0 Å². The van der Waals surface area contributed by atoms with E-state index < -0.39 is 0 Å². The number of nitrogens with zero attached hydrogens (tertiary/aromatic N) is 7. The largest absolute Gasteiger partial charge is 0.379 e. The molecule has 0 aliphatic carbocycles. The second-order valence-electron chi connectivity index (χ2n) is 7.02. The van der Waals surface area contributed by atoms with Gasteiger partial charge in [0.25, 0.3) is 0 Å². The monoisotopic (exact) mass is 424 g/mol. The van der Waals surface area contributed by atoms with E-state index in [0.29, 0.717) is 16.8 Å². The van der Waals surface area contributed by atoms with E-state index in [-0.39, 0.29) is 0 Å². The molecule has 1 saturated heterocycles. The van der Waals surface area contributed by atoms with Gasteiger partial charge >= 0.3 is 0 Å². The summed E-state index contributed by atoms with van der Waals surface area (Å²) in [4.78, 5) is 15.7. The summed E-state index contributed by atoms with van der Waals surface area (Å²) in [7, 11) is 0. The minimum atomic E-state index is 0.404. The number of rotatable bonds is 6. The van der Waals surface area contributed by atoms with E-state index in [1.807, 2.05) is 45.7 Å². The number of halogens is 1. The Kier molecular flexibility index (Phi) is 5.31. The molecule has 1 aliphatic rings. The molecule has 0 spiro atoms. The molecule has 10 heteroatoms. The maximum absolute atomic E-state index is 6.38.